The molecule has 0 aliphatic rings. The number of amides is 2. The lowest BCUT2D eigenvalue weighted by Crippen LogP contribution is -2.15. The molecule has 0 saturated heterocycles. The van der Waals surface area contributed by atoms with Crippen LogP contribution in [0.5, 0.6) is 0 Å². The maximum absolute atomic E-state index is 12.3. The molecule has 118 valence electrons. The lowest BCUT2D eigenvalue weighted by molar-refractivity contribution is 0.102. The first-order valence-corrected chi connectivity index (χ1v) is 7.55. The van der Waals surface area contributed by atoms with Crippen LogP contribution in [0.4, 0.5) is 11.4 Å². The van der Waals surface area contributed by atoms with Crippen LogP contribution in [0.15, 0.2) is 84.9 Å². The molecule has 4 heteroatoms. The highest BCUT2D eigenvalue weighted by Gasteiger charge is 2.11. The lowest BCUT2D eigenvalue weighted by atomic mass is 10.1. The number of nitrogens with one attached hydrogen (secondary N) is 2. The standard InChI is InChI=1S/C20H16N2O2/c23-19(21-17-10-3-1-4-11-17)15-8-7-9-16(14-15)20(24)22-18-12-5-2-6-13-18/h1-14H,(H,21,23)(H,22,24). The van der Waals surface area contributed by atoms with E-state index in [0.29, 0.717) is 22.5 Å². The molecule has 0 aromatic heterocycles. The zero-order valence-corrected chi connectivity index (χ0v) is 12.9. The van der Waals surface area contributed by atoms with Gasteiger partial charge in [-0.15, -0.1) is 0 Å². The van der Waals surface area contributed by atoms with Crippen molar-refractivity contribution >= 4 is 23.2 Å². The maximum Gasteiger partial charge on any atom is 0.255 e. The van der Waals surface area contributed by atoms with E-state index in [1.165, 1.54) is 0 Å². The summed E-state index contributed by atoms with van der Waals surface area (Å²) < 4.78 is 0. The van der Waals surface area contributed by atoms with Crippen molar-refractivity contribution in [3.63, 3.8) is 0 Å². The molecule has 0 radical (unpaired) electrons. The van der Waals surface area contributed by atoms with E-state index in [9.17, 15) is 9.59 Å². The second kappa shape index (κ2) is 7.24. The first-order valence-electron chi connectivity index (χ1n) is 7.55. The van der Waals surface area contributed by atoms with Gasteiger partial charge in [0.2, 0.25) is 0 Å². The van der Waals surface area contributed by atoms with Crippen LogP contribution in [0.25, 0.3) is 0 Å². The summed E-state index contributed by atoms with van der Waals surface area (Å²) in [5.41, 5.74) is 2.28. The third kappa shape index (κ3) is 3.87. The van der Waals surface area contributed by atoms with E-state index in [2.05, 4.69) is 10.6 Å². The number of rotatable bonds is 4. The van der Waals surface area contributed by atoms with Gasteiger partial charge in [0.1, 0.15) is 0 Å². The minimum atomic E-state index is -0.254. The van der Waals surface area contributed by atoms with Gasteiger partial charge in [0.15, 0.2) is 0 Å². The fourth-order valence-electron chi connectivity index (χ4n) is 2.25. The van der Waals surface area contributed by atoms with Gasteiger partial charge in [-0.3, -0.25) is 9.59 Å². The fourth-order valence-corrected chi connectivity index (χ4v) is 2.25. The second-order valence-corrected chi connectivity index (χ2v) is 5.22. The Labute approximate surface area is 140 Å². The van der Waals surface area contributed by atoms with Crippen molar-refractivity contribution in [2.75, 3.05) is 10.6 Å². The van der Waals surface area contributed by atoms with Crippen LogP contribution in [0.3, 0.4) is 0 Å². The molecule has 3 aromatic rings. The molecule has 3 aromatic carbocycles. The number of anilines is 2. The summed E-state index contributed by atoms with van der Waals surface area (Å²) in [7, 11) is 0. The molecule has 3 rings (SSSR count). The first-order chi connectivity index (χ1) is 11.7. The Morgan fingerprint density at radius 2 is 0.958 bits per heavy atom. The summed E-state index contributed by atoms with van der Waals surface area (Å²) in [5.74, 6) is -0.508. The SMILES string of the molecule is O=C(Nc1ccccc1)c1cccc(C(=O)Nc2ccccc2)c1. The summed E-state index contributed by atoms with van der Waals surface area (Å²) in [6.45, 7) is 0. The largest absolute Gasteiger partial charge is 0.322 e. The number of hydrogen-bond donors (Lipinski definition) is 2. The van der Waals surface area contributed by atoms with Crippen molar-refractivity contribution in [1.82, 2.24) is 0 Å². The predicted octanol–water partition coefficient (Wildman–Crippen LogP) is 4.19. The average Bonchev–Trinajstić information content (AvgIpc) is 2.63. The van der Waals surface area contributed by atoms with Crippen LogP contribution in [-0.2, 0) is 0 Å². The smallest absolute Gasteiger partial charge is 0.255 e. The van der Waals surface area contributed by atoms with Gasteiger partial charge >= 0.3 is 0 Å². The summed E-state index contributed by atoms with van der Waals surface area (Å²) in [6.07, 6.45) is 0. The monoisotopic (exact) mass is 316 g/mol. The molecule has 0 spiro atoms. The highest BCUT2D eigenvalue weighted by Crippen LogP contribution is 2.13. The van der Waals surface area contributed by atoms with Gasteiger partial charge in [-0.05, 0) is 42.5 Å². The van der Waals surface area contributed by atoms with Crippen molar-refractivity contribution in [3.05, 3.63) is 96.1 Å². The highest BCUT2D eigenvalue weighted by atomic mass is 16.2. The van der Waals surface area contributed by atoms with Crippen LogP contribution in [0.1, 0.15) is 20.7 Å². The normalized spacial score (nSPS) is 10.0. The van der Waals surface area contributed by atoms with Gasteiger partial charge in [-0.2, -0.15) is 0 Å². The molecule has 0 fully saturated rings. The number of para-hydroxylation sites is 2. The van der Waals surface area contributed by atoms with Gasteiger partial charge in [-0.1, -0.05) is 42.5 Å². The third-order valence-corrected chi connectivity index (χ3v) is 3.45. The van der Waals surface area contributed by atoms with Crippen LogP contribution in [-0.4, -0.2) is 11.8 Å². The van der Waals surface area contributed by atoms with E-state index < -0.39 is 0 Å². The Morgan fingerprint density at radius 1 is 0.542 bits per heavy atom. The molecule has 0 bridgehead atoms. The van der Waals surface area contributed by atoms with E-state index in [4.69, 9.17) is 0 Å². The second-order valence-electron chi connectivity index (χ2n) is 5.22. The highest BCUT2D eigenvalue weighted by molar-refractivity contribution is 6.08. The maximum atomic E-state index is 12.3. The van der Waals surface area contributed by atoms with Crippen molar-refractivity contribution in [1.29, 1.82) is 0 Å². The van der Waals surface area contributed by atoms with Gasteiger partial charge in [0.25, 0.3) is 11.8 Å². The number of carbonyl (C=O) groups excluding carboxylic acids is 2. The van der Waals surface area contributed by atoms with Crippen LogP contribution in [0.2, 0.25) is 0 Å². The van der Waals surface area contributed by atoms with Gasteiger partial charge in [0.05, 0.1) is 0 Å². The Balaban J connectivity index is 1.74. The van der Waals surface area contributed by atoms with E-state index in [1.807, 2.05) is 60.7 Å². The molecule has 0 atom stereocenters. The summed E-state index contributed by atoms with van der Waals surface area (Å²) in [6, 6.07) is 25.0. The quantitative estimate of drug-likeness (QED) is 0.758. The van der Waals surface area contributed by atoms with E-state index in [-0.39, 0.29) is 11.8 Å². The third-order valence-electron chi connectivity index (χ3n) is 3.45. The molecule has 0 unspecified atom stereocenters. The topological polar surface area (TPSA) is 58.2 Å². The lowest BCUT2D eigenvalue weighted by Gasteiger charge is -2.08. The van der Waals surface area contributed by atoms with Crippen LogP contribution < -0.4 is 10.6 Å². The van der Waals surface area contributed by atoms with E-state index in [1.54, 1.807) is 24.3 Å². The average molecular weight is 316 g/mol. The zero-order valence-electron chi connectivity index (χ0n) is 12.9. The van der Waals surface area contributed by atoms with Crippen molar-refractivity contribution in [3.8, 4) is 0 Å². The molecule has 0 aliphatic carbocycles. The van der Waals surface area contributed by atoms with E-state index in [0.717, 1.165) is 0 Å². The summed E-state index contributed by atoms with van der Waals surface area (Å²) in [5, 5.41) is 5.61. The Kier molecular flexibility index (Phi) is 4.68. The zero-order chi connectivity index (χ0) is 16.8. The molecule has 0 aliphatic heterocycles. The van der Waals surface area contributed by atoms with Crippen LogP contribution in [0, 0.1) is 0 Å². The Morgan fingerprint density at radius 3 is 1.38 bits per heavy atom. The number of carbonyl (C=O) groups is 2. The van der Waals surface area contributed by atoms with Gasteiger partial charge in [-0.25, -0.2) is 0 Å². The molecule has 24 heavy (non-hydrogen) atoms. The van der Waals surface area contributed by atoms with Crippen LogP contribution >= 0.6 is 0 Å². The van der Waals surface area contributed by atoms with Gasteiger partial charge in [0, 0.05) is 22.5 Å². The summed E-state index contributed by atoms with van der Waals surface area (Å²) >= 11 is 0. The van der Waals surface area contributed by atoms with E-state index >= 15 is 0 Å². The molecule has 0 saturated carbocycles. The Hall–Kier alpha value is -3.40. The van der Waals surface area contributed by atoms with Gasteiger partial charge < -0.3 is 10.6 Å². The first kappa shape index (κ1) is 15.5. The minimum absolute atomic E-state index is 0.254. The summed E-state index contributed by atoms with van der Waals surface area (Å²) in [4.78, 5) is 24.6. The molecule has 0 heterocycles. The number of hydrogen-bond acceptors (Lipinski definition) is 2. The Bertz CT molecular complexity index is 777. The molecule has 4 nitrogen and oxygen atoms in total. The molecular formula is C20H16N2O2. The minimum Gasteiger partial charge on any atom is -0.322 e. The van der Waals surface area contributed by atoms with Crippen molar-refractivity contribution in [2.45, 2.75) is 0 Å². The molecular weight excluding hydrogens is 300 g/mol. The molecule has 2 N–H and O–H groups in total. The van der Waals surface area contributed by atoms with Crippen molar-refractivity contribution in [2.24, 2.45) is 0 Å². The number of benzene rings is 3. The fraction of sp³-hybridized carbons (Fsp3) is 0. The predicted molar refractivity (Wildman–Crippen MR) is 95.2 cm³/mol. The van der Waals surface area contributed by atoms with Crippen molar-refractivity contribution < 1.29 is 9.59 Å². The molecule has 2 amide bonds.